The fraction of sp³-hybridized carbons (Fsp3) is 0.267. The average molecular weight is 348 g/mol. The number of hydrogen-bond donors (Lipinski definition) is 2. The second kappa shape index (κ2) is 8.16. The van der Waals surface area contributed by atoms with Crippen LogP contribution in [0.15, 0.2) is 30.5 Å². The van der Waals surface area contributed by atoms with Crippen LogP contribution in [0.3, 0.4) is 0 Å². The Hall–Kier alpha value is -2.81. The minimum atomic E-state index is -0.566. The number of rotatable bonds is 7. The molecule has 1 aromatic heterocycles. The molecule has 0 aliphatic rings. The summed E-state index contributed by atoms with van der Waals surface area (Å²) in [5.41, 5.74) is 0.969. The van der Waals surface area contributed by atoms with Gasteiger partial charge in [-0.1, -0.05) is 13.3 Å². The summed E-state index contributed by atoms with van der Waals surface area (Å²) in [5, 5.41) is 15.9. The lowest BCUT2D eigenvalue weighted by Gasteiger charge is -2.06. The number of nitro groups is 1. The molecule has 0 atom stereocenters. The number of nitrogens with zero attached hydrogens (tertiary/aromatic N) is 2. The Morgan fingerprint density at radius 1 is 1.25 bits per heavy atom. The SMILES string of the molecule is CCCCC(=O)Nc1ccc(C(=O)Nc2ncc([N+](=O)[O-])s2)cc1. The number of carbonyl (C=O) groups is 2. The number of benzene rings is 1. The Labute approximate surface area is 142 Å². The third-order valence-electron chi connectivity index (χ3n) is 3.08. The predicted molar refractivity (Wildman–Crippen MR) is 91.3 cm³/mol. The van der Waals surface area contributed by atoms with Crippen LogP contribution in [-0.4, -0.2) is 21.7 Å². The Morgan fingerprint density at radius 3 is 2.54 bits per heavy atom. The lowest BCUT2D eigenvalue weighted by Crippen LogP contribution is -2.13. The molecule has 0 fully saturated rings. The number of carbonyl (C=O) groups excluding carboxylic acids is 2. The highest BCUT2D eigenvalue weighted by molar-refractivity contribution is 7.18. The van der Waals surface area contributed by atoms with Crippen molar-refractivity contribution in [1.82, 2.24) is 4.98 Å². The van der Waals surface area contributed by atoms with Gasteiger partial charge in [0.2, 0.25) is 5.91 Å². The first-order valence-electron chi connectivity index (χ1n) is 7.31. The van der Waals surface area contributed by atoms with E-state index in [1.165, 1.54) is 0 Å². The van der Waals surface area contributed by atoms with Crippen LogP contribution in [0, 0.1) is 10.1 Å². The minimum Gasteiger partial charge on any atom is -0.326 e. The van der Waals surface area contributed by atoms with Crippen molar-refractivity contribution >= 4 is 39.0 Å². The summed E-state index contributed by atoms with van der Waals surface area (Å²) >= 11 is 0.784. The molecule has 0 unspecified atom stereocenters. The van der Waals surface area contributed by atoms with Crippen LogP contribution in [0.5, 0.6) is 0 Å². The van der Waals surface area contributed by atoms with E-state index in [0.717, 1.165) is 30.4 Å². The van der Waals surface area contributed by atoms with Gasteiger partial charge in [-0.2, -0.15) is 0 Å². The highest BCUT2D eigenvalue weighted by Crippen LogP contribution is 2.25. The zero-order chi connectivity index (χ0) is 17.5. The van der Waals surface area contributed by atoms with E-state index in [1.807, 2.05) is 6.92 Å². The molecule has 1 heterocycles. The van der Waals surface area contributed by atoms with Gasteiger partial charge in [-0.3, -0.25) is 25.0 Å². The molecule has 2 amide bonds. The lowest BCUT2D eigenvalue weighted by molar-refractivity contribution is -0.380. The van der Waals surface area contributed by atoms with Crippen molar-refractivity contribution in [2.45, 2.75) is 26.2 Å². The van der Waals surface area contributed by atoms with Crippen molar-refractivity contribution in [3.05, 3.63) is 46.1 Å². The van der Waals surface area contributed by atoms with Crippen molar-refractivity contribution in [2.24, 2.45) is 0 Å². The van der Waals surface area contributed by atoms with Gasteiger partial charge in [0, 0.05) is 17.7 Å². The molecule has 0 aliphatic carbocycles. The van der Waals surface area contributed by atoms with Crippen LogP contribution in [0.25, 0.3) is 0 Å². The molecule has 0 saturated carbocycles. The molecule has 0 saturated heterocycles. The summed E-state index contributed by atoms with van der Waals surface area (Å²) in [4.78, 5) is 37.5. The summed E-state index contributed by atoms with van der Waals surface area (Å²) in [6, 6.07) is 6.38. The topological polar surface area (TPSA) is 114 Å². The molecule has 0 aliphatic heterocycles. The van der Waals surface area contributed by atoms with Gasteiger partial charge in [-0.25, -0.2) is 4.98 Å². The molecule has 0 spiro atoms. The van der Waals surface area contributed by atoms with Gasteiger partial charge in [-0.15, -0.1) is 0 Å². The Bertz CT molecular complexity index is 742. The fourth-order valence-corrected chi connectivity index (χ4v) is 2.47. The van der Waals surface area contributed by atoms with Crippen molar-refractivity contribution in [1.29, 1.82) is 0 Å². The number of nitrogens with one attached hydrogen (secondary N) is 2. The Balaban J connectivity index is 1.95. The maximum Gasteiger partial charge on any atom is 0.345 e. The average Bonchev–Trinajstić information content (AvgIpc) is 3.02. The van der Waals surface area contributed by atoms with Crippen molar-refractivity contribution in [3.8, 4) is 0 Å². The first-order valence-corrected chi connectivity index (χ1v) is 8.12. The number of hydrogen-bond acceptors (Lipinski definition) is 6. The van der Waals surface area contributed by atoms with E-state index in [4.69, 9.17) is 0 Å². The normalized spacial score (nSPS) is 10.2. The maximum atomic E-state index is 12.1. The summed E-state index contributed by atoms with van der Waals surface area (Å²) in [7, 11) is 0. The van der Waals surface area contributed by atoms with Crippen molar-refractivity contribution in [3.63, 3.8) is 0 Å². The largest absolute Gasteiger partial charge is 0.345 e. The predicted octanol–water partition coefficient (Wildman–Crippen LogP) is 3.43. The maximum absolute atomic E-state index is 12.1. The standard InChI is InChI=1S/C15H16N4O4S/c1-2-3-4-12(20)17-11-7-5-10(6-8-11)14(21)18-15-16-9-13(24-15)19(22)23/h5-9H,2-4H2,1H3,(H,17,20)(H,16,18,21). The molecule has 0 bridgehead atoms. The smallest absolute Gasteiger partial charge is 0.326 e. The molecular weight excluding hydrogens is 332 g/mol. The molecule has 8 nitrogen and oxygen atoms in total. The van der Waals surface area contributed by atoms with Crippen molar-refractivity contribution < 1.29 is 14.5 Å². The van der Waals surface area contributed by atoms with Crippen LogP contribution in [-0.2, 0) is 4.79 Å². The van der Waals surface area contributed by atoms with E-state index in [0.29, 0.717) is 17.7 Å². The Morgan fingerprint density at radius 2 is 1.96 bits per heavy atom. The highest BCUT2D eigenvalue weighted by Gasteiger charge is 2.14. The molecule has 1 aromatic carbocycles. The van der Waals surface area contributed by atoms with Crippen LogP contribution in [0.1, 0.15) is 36.5 Å². The van der Waals surface area contributed by atoms with E-state index >= 15 is 0 Å². The molecule has 126 valence electrons. The molecule has 9 heteroatoms. The van der Waals surface area contributed by atoms with E-state index in [1.54, 1.807) is 24.3 Å². The highest BCUT2D eigenvalue weighted by atomic mass is 32.1. The van der Waals surface area contributed by atoms with Gasteiger partial charge in [0.25, 0.3) is 5.91 Å². The van der Waals surface area contributed by atoms with E-state index in [-0.39, 0.29) is 16.0 Å². The number of aromatic nitrogens is 1. The second-order valence-electron chi connectivity index (χ2n) is 4.94. The van der Waals surface area contributed by atoms with E-state index in [9.17, 15) is 19.7 Å². The van der Waals surface area contributed by atoms with Crippen LogP contribution in [0.2, 0.25) is 0 Å². The third-order valence-corrected chi connectivity index (χ3v) is 3.95. The van der Waals surface area contributed by atoms with Gasteiger partial charge < -0.3 is 5.32 Å². The summed E-state index contributed by atoms with van der Waals surface area (Å²) in [5.74, 6) is -0.493. The summed E-state index contributed by atoms with van der Waals surface area (Å²) in [6.07, 6.45) is 3.32. The van der Waals surface area contributed by atoms with Gasteiger partial charge in [0.1, 0.15) is 6.20 Å². The van der Waals surface area contributed by atoms with E-state index in [2.05, 4.69) is 15.6 Å². The Kier molecular flexibility index (Phi) is 5.96. The number of anilines is 2. The zero-order valence-electron chi connectivity index (χ0n) is 12.9. The fourth-order valence-electron chi connectivity index (χ4n) is 1.84. The van der Waals surface area contributed by atoms with Gasteiger partial charge in [0.05, 0.1) is 4.92 Å². The van der Waals surface area contributed by atoms with Crippen molar-refractivity contribution in [2.75, 3.05) is 10.6 Å². The lowest BCUT2D eigenvalue weighted by atomic mass is 10.2. The van der Waals surface area contributed by atoms with Crippen LogP contribution < -0.4 is 10.6 Å². The molecular formula is C15H16N4O4S. The summed E-state index contributed by atoms with van der Waals surface area (Å²) in [6.45, 7) is 2.01. The van der Waals surface area contributed by atoms with Crippen LogP contribution >= 0.6 is 11.3 Å². The van der Waals surface area contributed by atoms with Gasteiger partial charge in [0.15, 0.2) is 5.13 Å². The van der Waals surface area contributed by atoms with Crippen LogP contribution in [0.4, 0.5) is 15.8 Å². The number of amides is 2. The molecule has 2 aromatic rings. The zero-order valence-corrected chi connectivity index (χ0v) is 13.8. The van der Waals surface area contributed by atoms with Gasteiger partial charge in [-0.05, 0) is 42.0 Å². The first-order chi connectivity index (χ1) is 11.5. The summed E-state index contributed by atoms with van der Waals surface area (Å²) < 4.78 is 0. The van der Waals surface area contributed by atoms with E-state index < -0.39 is 10.8 Å². The molecule has 24 heavy (non-hydrogen) atoms. The third kappa shape index (κ3) is 4.85. The second-order valence-corrected chi connectivity index (χ2v) is 5.95. The number of unbranched alkanes of at least 4 members (excludes halogenated alkanes) is 1. The molecule has 0 radical (unpaired) electrons. The van der Waals surface area contributed by atoms with Gasteiger partial charge >= 0.3 is 5.00 Å². The molecule has 2 N–H and O–H groups in total. The first kappa shape index (κ1) is 17.5. The quantitative estimate of drug-likeness (QED) is 0.587. The number of thiazole rings is 1. The molecule has 2 rings (SSSR count). The monoisotopic (exact) mass is 348 g/mol. The minimum absolute atomic E-state index is 0.0656.